The Labute approximate surface area is 112 Å². The van der Waals surface area contributed by atoms with Gasteiger partial charge in [-0.1, -0.05) is 51.0 Å². The molecule has 0 aromatic heterocycles. The van der Waals surface area contributed by atoms with Crippen LogP contribution in [-0.2, 0) is 9.53 Å². The van der Waals surface area contributed by atoms with Crippen molar-refractivity contribution in [3.05, 3.63) is 24.8 Å². The molecule has 0 amide bonds. The van der Waals surface area contributed by atoms with Gasteiger partial charge in [-0.3, -0.25) is 4.79 Å². The number of hydrogen-bond acceptors (Lipinski definition) is 2. The number of ether oxygens (including phenoxy) is 1. The number of unbranched alkanes of at least 4 members (excludes halogenated alkanes) is 4. The molecule has 0 bridgehead atoms. The maximum atomic E-state index is 10.9. The van der Waals surface area contributed by atoms with Crippen molar-refractivity contribution >= 4 is 5.97 Å². The van der Waals surface area contributed by atoms with Gasteiger partial charge in [-0.2, -0.15) is 0 Å². The summed E-state index contributed by atoms with van der Waals surface area (Å²) >= 11 is 0. The minimum absolute atomic E-state index is 0.133. The molecule has 0 aromatic carbocycles. The zero-order valence-electron chi connectivity index (χ0n) is 12.0. The van der Waals surface area contributed by atoms with Crippen LogP contribution in [0.15, 0.2) is 24.8 Å². The molecule has 0 aliphatic carbocycles. The van der Waals surface area contributed by atoms with Gasteiger partial charge in [0.1, 0.15) is 6.10 Å². The van der Waals surface area contributed by atoms with Crippen molar-refractivity contribution in [2.45, 2.75) is 71.3 Å². The second kappa shape index (κ2) is 12.4. The number of allylic oxidation sites excluding steroid dienone is 3. The van der Waals surface area contributed by atoms with Crippen LogP contribution in [0.5, 0.6) is 0 Å². The molecule has 0 fully saturated rings. The summed E-state index contributed by atoms with van der Waals surface area (Å²) in [5.74, 6) is -0.150. The highest BCUT2D eigenvalue weighted by molar-refractivity contribution is 5.66. The molecule has 2 nitrogen and oxygen atoms in total. The summed E-state index contributed by atoms with van der Waals surface area (Å²) in [4.78, 5) is 10.9. The Balaban J connectivity index is 3.51. The van der Waals surface area contributed by atoms with E-state index >= 15 is 0 Å². The Morgan fingerprint density at radius 3 is 2.56 bits per heavy atom. The van der Waals surface area contributed by atoms with Crippen LogP contribution in [0.4, 0.5) is 0 Å². The second-order valence-electron chi connectivity index (χ2n) is 4.68. The van der Waals surface area contributed by atoms with Crippen molar-refractivity contribution in [3.8, 4) is 0 Å². The van der Waals surface area contributed by atoms with E-state index in [2.05, 4.69) is 19.6 Å². The van der Waals surface area contributed by atoms with Gasteiger partial charge in [0.2, 0.25) is 0 Å². The predicted molar refractivity (Wildman–Crippen MR) is 77.5 cm³/mol. The van der Waals surface area contributed by atoms with E-state index in [1.54, 1.807) is 0 Å². The fourth-order valence-electron chi connectivity index (χ4n) is 2.00. The van der Waals surface area contributed by atoms with Crippen LogP contribution in [0.25, 0.3) is 0 Å². The van der Waals surface area contributed by atoms with Gasteiger partial charge in [0.25, 0.3) is 0 Å². The van der Waals surface area contributed by atoms with Crippen LogP contribution in [-0.4, -0.2) is 12.1 Å². The van der Waals surface area contributed by atoms with E-state index in [0.717, 1.165) is 32.1 Å². The Hall–Kier alpha value is -1.05. The quantitative estimate of drug-likeness (QED) is 0.300. The Bertz CT molecular complexity index is 243. The van der Waals surface area contributed by atoms with Gasteiger partial charge in [-0.15, -0.1) is 0 Å². The summed E-state index contributed by atoms with van der Waals surface area (Å²) < 4.78 is 5.29. The molecule has 0 radical (unpaired) electrons. The molecule has 0 spiro atoms. The van der Waals surface area contributed by atoms with Gasteiger partial charge in [0.05, 0.1) is 0 Å². The first kappa shape index (κ1) is 16.9. The normalized spacial score (nSPS) is 12.6. The molecule has 18 heavy (non-hydrogen) atoms. The van der Waals surface area contributed by atoms with Crippen molar-refractivity contribution in [1.29, 1.82) is 0 Å². The third-order valence-corrected chi connectivity index (χ3v) is 2.86. The first-order valence-electron chi connectivity index (χ1n) is 7.15. The molecular weight excluding hydrogens is 224 g/mol. The Morgan fingerprint density at radius 2 is 1.94 bits per heavy atom. The van der Waals surface area contributed by atoms with E-state index in [0.29, 0.717) is 0 Å². The largest absolute Gasteiger partial charge is 0.463 e. The van der Waals surface area contributed by atoms with Crippen molar-refractivity contribution in [2.75, 3.05) is 0 Å². The lowest BCUT2D eigenvalue weighted by Crippen LogP contribution is -2.15. The first-order chi connectivity index (χ1) is 8.70. The third-order valence-electron chi connectivity index (χ3n) is 2.86. The Morgan fingerprint density at radius 1 is 1.22 bits per heavy atom. The molecule has 0 aromatic rings. The highest BCUT2D eigenvalue weighted by Gasteiger charge is 2.09. The summed E-state index contributed by atoms with van der Waals surface area (Å²) in [6.45, 7) is 7.26. The topological polar surface area (TPSA) is 26.3 Å². The monoisotopic (exact) mass is 252 g/mol. The number of esters is 1. The number of rotatable bonds is 11. The summed E-state index contributed by atoms with van der Waals surface area (Å²) in [5.41, 5.74) is 0. The van der Waals surface area contributed by atoms with Crippen LogP contribution in [0.3, 0.4) is 0 Å². The van der Waals surface area contributed by atoms with Gasteiger partial charge >= 0.3 is 5.97 Å². The standard InChI is InChI=1S/C16H28O2/c1-4-6-7-8-9-10-11-12-14-16(13-5-2)18-15(3)17/h4,6-7,16H,1,5,8-14H2,2-3H3/b7-6-. The summed E-state index contributed by atoms with van der Waals surface area (Å²) in [6, 6.07) is 0. The smallest absolute Gasteiger partial charge is 0.302 e. The average Bonchev–Trinajstić information content (AvgIpc) is 2.32. The van der Waals surface area contributed by atoms with Gasteiger partial charge in [0.15, 0.2) is 0 Å². The van der Waals surface area contributed by atoms with Crippen molar-refractivity contribution in [3.63, 3.8) is 0 Å². The maximum absolute atomic E-state index is 10.9. The summed E-state index contributed by atoms with van der Waals surface area (Å²) in [7, 11) is 0. The number of hydrogen-bond donors (Lipinski definition) is 0. The lowest BCUT2D eigenvalue weighted by Gasteiger charge is -2.15. The Kier molecular flexibility index (Phi) is 11.7. The highest BCUT2D eigenvalue weighted by atomic mass is 16.5. The van der Waals surface area contributed by atoms with Crippen LogP contribution < -0.4 is 0 Å². The molecule has 0 aliphatic heterocycles. The van der Waals surface area contributed by atoms with E-state index in [4.69, 9.17) is 4.74 Å². The molecule has 0 N–H and O–H groups in total. The molecule has 0 aliphatic rings. The number of carbonyl (C=O) groups excluding carboxylic acids is 1. The van der Waals surface area contributed by atoms with Crippen LogP contribution in [0.1, 0.15) is 65.2 Å². The fraction of sp³-hybridized carbons (Fsp3) is 0.688. The molecule has 104 valence electrons. The molecule has 1 unspecified atom stereocenters. The SMILES string of the molecule is C=C/C=C\CCCCCCC(CCC)OC(C)=O. The predicted octanol–water partition coefficient (Wildman–Crippen LogP) is 4.80. The zero-order valence-corrected chi connectivity index (χ0v) is 12.0. The summed E-state index contributed by atoms with van der Waals surface area (Å²) in [6.07, 6.45) is 15.2. The van der Waals surface area contributed by atoms with E-state index in [-0.39, 0.29) is 12.1 Å². The van der Waals surface area contributed by atoms with Gasteiger partial charge in [-0.25, -0.2) is 0 Å². The molecule has 0 heterocycles. The zero-order chi connectivity index (χ0) is 13.6. The van der Waals surface area contributed by atoms with Crippen molar-refractivity contribution < 1.29 is 9.53 Å². The van der Waals surface area contributed by atoms with Crippen LogP contribution in [0, 0.1) is 0 Å². The number of carbonyl (C=O) groups is 1. The highest BCUT2D eigenvalue weighted by Crippen LogP contribution is 2.13. The lowest BCUT2D eigenvalue weighted by atomic mass is 10.0. The van der Waals surface area contributed by atoms with E-state index in [1.165, 1.54) is 26.2 Å². The van der Waals surface area contributed by atoms with Gasteiger partial charge < -0.3 is 4.74 Å². The molecular formula is C16H28O2. The first-order valence-corrected chi connectivity index (χ1v) is 7.15. The van der Waals surface area contributed by atoms with Crippen LogP contribution in [0.2, 0.25) is 0 Å². The van der Waals surface area contributed by atoms with E-state index in [1.807, 2.05) is 12.2 Å². The summed E-state index contributed by atoms with van der Waals surface area (Å²) in [5, 5.41) is 0. The van der Waals surface area contributed by atoms with Gasteiger partial charge in [0, 0.05) is 6.92 Å². The maximum Gasteiger partial charge on any atom is 0.302 e. The lowest BCUT2D eigenvalue weighted by molar-refractivity contribution is -0.147. The molecule has 0 rings (SSSR count). The third kappa shape index (κ3) is 11.4. The fourth-order valence-corrected chi connectivity index (χ4v) is 2.00. The van der Waals surface area contributed by atoms with Gasteiger partial charge in [-0.05, 0) is 32.1 Å². The minimum Gasteiger partial charge on any atom is -0.463 e. The second-order valence-corrected chi connectivity index (χ2v) is 4.68. The molecule has 0 saturated carbocycles. The molecule has 2 heteroatoms. The molecule has 1 atom stereocenters. The van der Waals surface area contributed by atoms with Crippen LogP contribution >= 0.6 is 0 Å². The van der Waals surface area contributed by atoms with E-state index < -0.39 is 0 Å². The molecule has 0 saturated heterocycles. The van der Waals surface area contributed by atoms with Crippen molar-refractivity contribution in [2.24, 2.45) is 0 Å². The van der Waals surface area contributed by atoms with Crippen molar-refractivity contribution in [1.82, 2.24) is 0 Å². The minimum atomic E-state index is -0.150. The van der Waals surface area contributed by atoms with E-state index in [9.17, 15) is 4.79 Å². The average molecular weight is 252 g/mol.